The molecule has 2 N–H and O–H groups in total. The number of aliphatic hydroxyl groups is 2. The lowest BCUT2D eigenvalue weighted by Gasteiger charge is -2.67. The minimum atomic E-state index is -1.63. The van der Waals surface area contributed by atoms with Crippen LogP contribution in [0.15, 0.2) is 35.8 Å². The van der Waals surface area contributed by atoms with Gasteiger partial charge in [0, 0.05) is 24.9 Å². The van der Waals surface area contributed by atoms with Crippen LogP contribution in [0, 0.1) is 23.2 Å². The molecule has 0 amide bonds. The minimum absolute atomic E-state index is 0.00528. The highest BCUT2D eigenvalue weighted by molar-refractivity contribution is 5.69. The van der Waals surface area contributed by atoms with E-state index < -0.39 is 16.8 Å². The van der Waals surface area contributed by atoms with Gasteiger partial charge < -0.3 is 24.4 Å². The number of unbranched alkanes of at least 4 members (excludes halogenated alkanes) is 10. The number of piperidine rings is 1. The standard InChI is InChI=1S/C36H55NO6/c1-3-4-5-6-7-8-9-10-11-12-13-14-31(38)42-25-41-29-18-17-28-23-30-35(39)20-19-26(2)36(40)34(35,32(28)33(29)43-36)21-22-37(30)24-27-15-16-27/h17-18,27-28,30,32,39-40H,2-16,19-25H2,1H3/t28?,30?,32?,34-,35-,36+/m1/s1. The summed E-state index contributed by atoms with van der Waals surface area (Å²) in [6.07, 6.45) is 23.3. The summed E-state index contributed by atoms with van der Waals surface area (Å²) in [5, 5.41) is 24.8. The van der Waals surface area contributed by atoms with Crippen LogP contribution in [0.2, 0.25) is 0 Å². The van der Waals surface area contributed by atoms with Crippen LogP contribution in [0.25, 0.3) is 0 Å². The summed E-state index contributed by atoms with van der Waals surface area (Å²) in [4.78, 5) is 14.9. The number of hydrogen-bond donors (Lipinski definition) is 2. The molecule has 0 radical (unpaired) electrons. The second kappa shape index (κ2) is 12.9. The minimum Gasteiger partial charge on any atom is -0.458 e. The van der Waals surface area contributed by atoms with Gasteiger partial charge in [0.2, 0.25) is 12.6 Å². The van der Waals surface area contributed by atoms with Gasteiger partial charge in [0.05, 0.1) is 11.0 Å². The van der Waals surface area contributed by atoms with Gasteiger partial charge in [-0.25, -0.2) is 0 Å². The van der Waals surface area contributed by atoms with E-state index in [4.69, 9.17) is 14.2 Å². The highest BCUT2D eigenvalue weighted by Crippen LogP contribution is 2.73. The molecule has 3 saturated carbocycles. The first-order chi connectivity index (χ1) is 20.8. The summed E-state index contributed by atoms with van der Waals surface area (Å²) < 4.78 is 17.9. The molecule has 2 bridgehead atoms. The Kier molecular flexibility index (Phi) is 9.34. The molecule has 240 valence electrons. The molecule has 0 aromatic carbocycles. The lowest BCUT2D eigenvalue weighted by atomic mass is 9.42. The summed E-state index contributed by atoms with van der Waals surface area (Å²) in [7, 11) is 0. The Morgan fingerprint density at radius 1 is 1.05 bits per heavy atom. The van der Waals surface area contributed by atoms with Crippen LogP contribution in [0.5, 0.6) is 0 Å². The first-order valence-electron chi connectivity index (χ1n) is 17.6. The molecule has 6 rings (SSSR count). The number of esters is 1. The Morgan fingerprint density at radius 2 is 1.74 bits per heavy atom. The van der Waals surface area contributed by atoms with Gasteiger partial charge >= 0.3 is 5.97 Å². The fourth-order valence-corrected chi connectivity index (χ4v) is 9.33. The van der Waals surface area contributed by atoms with Crippen LogP contribution in [0.3, 0.4) is 0 Å². The third kappa shape index (κ3) is 5.61. The molecule has 43 heavy (non-hydrogen) atoms. The van der Waals surface area contributed by atoms with Gasteiger partial charge in [-0.15, -0.1) is 0 Å². The van der Waals surface area contributed by atoms with Gasteiger partial charge in [0.25, 0.3) is 0 Å². The monoisotopic (exact) mass is 597 g/mol. The Labute approximate surface area is 258 Å². The normalized spacial score (nSPS) is 36.0. The van der Waals surface area contributed by atoms with Crippen LogP contribution >= 0.6 is 0 Å². The second-order valence-electron chi connectivity index (χ2n) is 14.5. The lowest BCUT2D eigenvalue weighted by molar-refractivity contribution is -0.318. The fourth-order valence-electron chi connectivity index (χ4n) is 9.33. The van der Waals surface area contributed by atoms with E-state index in [1.54, 1.807) is 0 Å². The van der Waals surface area contributed by atoms with Crippen LogP contribution in [-0.2, 0) is 19.0 Å². The van der Waals surface area contributed by atoms with Gasteiger partial charge in [0.15, 0.2) is 5.76 Å². The fraction of sp³-hybridized carbons (Fsp3) is 0.806. The molecule has 5 fully saturated rings. The molecule has 6 aliphatic rings. The molecule has 0 aromatic heterocycles. The SMILES string of the molecule is C=C1CC[C@@]2(O)C3CC4C=CC(OCOC(=O)CCCCCCCCCCCCC)=C5O[C@]1(O)[C@]2(CCN3CC1CC1)C54. The van der Waals surface area contributed by atoms with E-state index >= 15 is 0 Å². The van der Waals surface area contributed by atoms with E-state index in [1.807, 2.05) is 6.08 Å². The molecule has 7 nitrogen and oxygen atoms in total. The van der Waals surface area contributed by atoms with Crippen molar-refractivity contribution < 1.29 is 29.2 Å². The van der Waals surface area contributed by atoms with E-state index in [0.717, 1.165) is 38.3 Å². The Bertz CT molecular complexity index is 1100. The van der Waals surface area contributed by atoms with Gasteiger partial charge in [-0.05, 0) is 75.0 Å². The topological polar surface area (TPSA) is 88.5 Å². The number of allylic oxidation sites excluding steroid dienone is 3. The van der Waals surface area contributed by atoms with Crippen molar-refractivity contribution in [3.8, 4) is 0 Å². The number of rotatable bonds is 17. The molecule has 6 atom stereocenters. The van der Waals surface area contributed by atoms with Crippen molar-refractivity contribution in [1.29, 1.82) is 0 Å². The highest BCUT2D eigenvalue weighted by atomic mass is 16.7. The van der Waals surface area contributed by atoms with Crippen molar-refractivity contribution in [3.05, 3.63) is 35.8 Å². The number of likely N-dealkylation sites (tertiary alicyclic amines) is 1. The molecule has 7 heteroatoms. The van der Waals surface area contributed by atoms with Crippen molar-refractivity contribution >= 4 is 5.97 Å². The lowest BCUT2D eigenvalue weighted by Crippen LogP contribution is -2.78. The molecule has 4 aliphatic carbocycles. The summed E-state index contributed by atoms with van der Waals surface area (Å²) >= 11 is 0. The van der Waals surface area contributed by atoms with Crippen molar-refractivity contribution in [2.24, 2.45) is 23.2 Å². The highest BCUT2D eigenvalue weighted by Gasteiger charge is 2.81. The number of hydrogen-bond acceptors (Lipinski definition) is 7. The van der Waals surface area contributed by atoms with Crippen LogP contribution in [-0.4, -0.2) is 58.4 Å². The number of carbonyl (C=O) groups is 1. The Hall–Kier alpha value is -1.83. The summed E-state index contributed by atoms with van der Waals surface area (Å²) in [5.41, 5.74) is -1.27. The van der Waals surface area contributed by atoms with Gasteiger partial charge in [-0.1, -0.05) is 83.8 Å². The first-order valence-corrected chi connectivity index (χ1v) is 17.6. The molecule has 0 aromatic rings. The molecular weight excluding hydrogens is 542 g/mol. The van der Waals surface area contributed by atoms with Crippen LogP contribution < -0.4 is 0 Å². The van der Waals surface area contributed by atoms with E-state index in [2.05, 4.69) is 24.5 Å². The van der Waals surface area contributed by atoms with Crippen molar-refractivity contribution in [2.45, 2.75) is 140 Å². The summed E-state index contributed by atoms with van der Waals surface area (Å²) in [6.45, 7) is 8.19. The van der Waals surface area contributed by atoms with Gasteiger partial charge in [0.1, 0.15) is 5.76 Å². The predicted octanol–water partition coefficient (Wildman–Crippen LogP) is 6.89. The Morgan fingerprint density at radius 3 is 2.44 bits per heavy atom. The van der Waals surface area contributed by atoms with Gasteiger partial charge in [-0.3, -0.25) is 9.69 Å². The van der Waals surface area contributed by atoms with Crippen LogP contribution in [0.1, 0.15) is 122 Å². The van der Waals surface area contributed by atoms with E-state index in [9.17, 15) is 15.0 Å². The zero-order chi connectivity index (χ0) is 30.1. The number of ether oxygens (including phenoxy) is 3. The second-order valence-corrected chi connectivity index (χ2v) is 14.5. The molecule has 3 unspecified atom stereocenters. The third-order valence-electron chi connectivity index (χ3n) is 11.8. The van der Waals surface area contributed by atoms with Crippen molar-refractivity contribution in [3.63, 3.8) is 0 Å². The maximum Gasteiger partial charge on any atom is 0.308 e. The van der Waals surface area contributed by atoms with Crippen LogP contribution in [0.4, 0.5) is 0 Å². The maximum absolute atomic E-state index is 12.5. The molecule has 2 heterocycles. The summed E-state index contributed by atoms with van der Waals surface area (Å²) in [6, 6.07) is -0.00528. The predicted molar refractivity (Wildman–Crippen MR) is 165 cm³/mol. The first kappa shape index (κ1) is 31.2. The van der Waals surface area contributed by atoms with E-state index in [0.29, 0.717) is 42.8 Å². The van der Waals surface area contributed by atoms with E-state index in [1.165, 1.54) is 70.6 Å². The van der Waals surface area contributed by atoms with Crippen molar-refractivity contribution in [1.82, 2.24) is 4.90 Å². The average molecular weight is 598 g/mol. The Balaban J connectivity index is 1.01. The molecule has 2 saturated heterocycles. The van der Waals surface area contributed by atoms with Crippen molar-refractivity contribution in [2.75, 3.05) is 19.9 Å². The smallest absolute Gasteiger partial charge is 0.308 e. The molecule has 1 spiro atoms. The van der Waals surface area contributed by atoms with E-state index in [-0.39, 0.29) is 30.6 Å². The summed E-state index contributed by atoms with van der Waals surface area (Å²) in [5.74, 6) is -0.105. The molecule has 2 aliphatic heterocycles. The zero-order valence-electron chi connectivity index (χ0n) is 26.5. The zero-order valence-corrected chi connectivity index (χ0v) is 26.5. The largest absolute Gasteiger partial charge is 0.458 e. The quantitative estimate of drug-likeness (QED) is 0.0817. The third-order valence-corrected chi connectivity index (χ3v) is 11.8. The van der Waals surface area contributed by atoms with Gasteiger partial charge in [-0.2, -0.15) is 0 Å². The number of nitrogens with zero attached hydrogens (tertiary/aromatic N) is 1. The molecular formula is C36H55NO6. The average Bonchev–Trinajstić information content (AvgIpc) is 3.76. The number of carbonyl (C=O) groups excluding carboxylic acids is 1. The maximum atomic E-state index is 12.5.